The van der Waals surface area contributed by atoms with Crippen LogP contribution in [-0.4, -0.2) is 23.1 Å². The maximum absolute atomic E-state index is 6.08. The van der Waals surface area contributed by atoms with Gasteiger partial charge in [0.05, 0.1) is 13.3 Å². The van der Waals surface area contributed by atoms with Gasteiger partial charge in [0.25, 0.3) is 0 Å². The molecule has 1 unspecified atom stereocenters. The number of aromatic nitrogens is 2. The molecule has 0 aliphatic heterocycles. The van der Waals surface area contributed by atoms with E-state index in [0.717, 1.165) is 6.42 Å². The minimum absolute atomic E-state index is 0.279. The summed E-state index contributed by atoms with van der Waals surface area (Å²) in [7, 11) is 1.55. The zero-order valence-electron chi connectivity index (χ0n) is 10.5. The summed E-state index contributed by atoms with van der Waals surface area (Å²) >= 11 is 6.08. The number of halogens is 1. The highest BCUT2D eigenvalue weighted by Crippen LogP contribution is 2.39. The highest BCUT2D eigenvalue weighted by Gasteiger charge is 2.34. The van der Waals surface area contributed by atoms with Crippen LogP contribution in [0.3, 0.4) is 0 Å². The number of nitrogens with one attached hydrogen (secondary N) is 1. The molecule has 1 saturated carbocycles. The van der Waals surface area contributed by atoms with Gasteiger partial charge in [0, 0.05) is 6.04 Å². The largest absolute Gasteiger partial charge is 0.467 e. The number of rotatable bonds is 3. The molecule has 1 aromatic heterocycles. The average molecular weight is 256 g/mol. The van der Waals surface area contributed by atoms with Gasteiger partial charge in [-0.25, -0.2) is 4.98 Å². The van der Waals surface area contributed by atoms with Crippen molar-refractivity contribution in [3.8, 4) is 6.01 Å². The Hall–Kier alpha value is -1.03. The Labute approximate surface area is 107 Å². The van der Waals surface area contributed by atoms with Crippen LogP contribution in [0.15, 0.2) is 6.20 Å². The van der Waals surface area contributed by atoms with Crippen LogP contribution in [0.5, 0.6) is 6.01 Å². The van der Waals surface area contributed by atoms with Crippen molar-refractivity contribution >= 4 is 17.4 Å². The first kappa shape index (κ1) is 12.4. The van der Waals surface area contributed by atoms with Crippen LogP contribution in [0.1, 0.15) is 33.1 Å². The highest BCUT2D eigenvalue weighted by molar-refractivity contribution is 6.32. The van der Waals surface area contributed by atoms with Crippen molar-refractivity contribution in [2.24, 2.45) is 5.41 Å². The van der Waals surface area contributed by atoms with Crippen LogP contribution in [-0.2, 0) is 0 Å². The van der Waals surface area contributed by atoms with Gasteiger partial charge in [-0.1, -0.05) is 31.9 Å². The minimum Gasteiger partial charge on any atom is -0.467 e. The van der Waals surface area contributed by atoms with Crippen LogP contribution < -0.4 is 10.1 Å². The second kappa shape index (κ2) is 4.69. The van der Waals surface area contributed by atoms with Crippen LogP contribution in [0, 0.1) is 5.41 Å². The molecule has 4 nitrogen and oxygen atoms in total. The minimum atomic E-state index is 0.279. The molecule has 0 amide bonds. The van der Waals surface area contributed by atoms with E-state index in [4.69, 9.17) is 16.3 Å². The van der Waals surface area contributed by atoms with Crippen molar-refractivity contribution in [1.82, 2.24) is 9.97 Å². The second-order valence-corrected chi connectivity index (χ2v) is 5.54. The van der Waals surface area contributed by atoms with E-state index in [0.29, 0.717) is 22.9 Å². The zero-order chi connectivity index (χ0) is 12.5. The molecule has 1 aromatic rings. The molecule has 5 heteroatoms. The molecule has 1 N–H and O–H groups in total. The summed E-state index contributed by atoms with van der Waals surface area (Å²) in [4.78, 5) is 8.21. The second-order valence-electron chi connectivity index (χ2n) is 5.13. The van der Waals surface area contributed by atoms with Crippen molar-refractivity contribution in [1.29, 1.82) is 0 Å². The monoisotopic (exact) mass is 255 g/mol. The predicted octanol–water partition coefficient (Wildman–Crippen LogP) is 3.13. The summed E-state index contributed by atoms with van der Waals surface area (Å²) in [6, 6.07) is 0.743. The Morgan fingerprint density at radius 2 is 2.29 bits per heavy atom. The van der Waals surface area contributed by atoms with E-state index in [-0.39, 0.29) is 5.41 Å². The van der Waals surface area contributed by atoms with Gasteiger partial charge in [-0.05, 0) is 18.3 Å². The van der Waals surface area contributed by atoms with Crippen molar-refractivity contribution < 1.29 is 4.74 Å². The molecule has 2 rings (SSSR count). The molecule has 1 heterocycles. The predicted molar refractivity (Wildman–Crippen MR) is 68.6 cm³/mol. The Bertz CT molecular complexity index is 409. The van der Waals surface area contributed by atoms with Crippen molar-refractivity contribution in [3.05, 3.63) is 11.2 Å². The fraction of sp³-hybridized carbons (Fsp3) is 0.667. The van der Waals surface area contributed by atoms with Gasteiger partial charge in [0.2, 0.25) is 0 Å². The van der Waals surface area contributed by atoms with Gasteiger partial charge < -0.3 is 10.1 Å². The molecule has 0 aromatic carbocycles. The number of methoxy groups -OCH3 is 1. The van der Waals surface area contributed by atoms with Crippen molar-refractivity contribution in [2.75, 3.05) is 12.4 Å². The number of ether oxygens (including phenoxy) is 1. The lowest BCUT2D eigenvalue weighted by molar-refractivity contribution is 0.348. The molecule has 0 radical (unpaired) electrons. The molecular formula is C12H18ClN3O. The molecule has 1 fully saturated rings. The topological polar surface area (TPSA) is 47.0 Å². The van der Waals surface area contributed by atoms with Gasteiger partial charge in [0.1, 0.15) is 5.02 Å². The quantitative estimate of drug-likeness (QED) is 0.902. The normalized spacial score (nSPS) is 22.5. The van der Waals surface area contributed by atoms with E-state index >= 15 is 0 Å². The van der Waals surface area contributed by atoms with E-state index in [9.17, 15) is 0 Å². The van der Waals surface area contributed by atoms with E-state index in [2.05, 4.69) is 29.1 Å². The summed E-state index contributed by atoms with van der Waals surface area (Å²) < 4.78 is 5.01. The average Bonchev–Trinajstić information content (AvgIpc) is 2.61. The van der Waals surface area contributed by atoms with E-state index < -0.39 is 0 Å². The summed E-state index contributed by atoms with van der Waals surface area (Å²) in [6.45, 7) is 4.54. The molecule has 1 atom stereocenters. The van der Waals surface area contributed by atoms with E-state index in [1.807, 2.05) is 0 Å². The van der Waals surface area contributed by atoms with Gasteiger partial charge in [-0.3, -0.25) is 0 Å². The van der Waals surface area contributed by atoms with Gasteiger partial charge >= 0.3 is 6.01 Å². The summed E-state index contributed by atoms with van der Waals surface area (Å²) in [5.41, 5.74) is 0.279. The van der Waals surface area contributed by atoms with Crippen LogP contribution in [0.25, 0.3) is 0 Å². The molecule has 1 aliphatic carbocycles. The first-order valence-electron chi connectivity index (χ1n) is 5.86. The Morgan fingerprint density at radius 1 is 1.53 bits per heavy atom. The summed E-state index contributed by atoms with van der Waals surface area (Å²) in [6.07, 6.45) is 5.18. The van der Waals surface area contributed by atoms with Crippen molar-refractivity contribution in [2.45, 2.75) is 39.2 Å². The van der Waals surface area contributed by atoms with Crippen molar-refractivity contribution in [3.63, 3.8) is 0 Å². The number of anilines is 1. The van der Waals surface area contributed by atoms with E-state index in [1.54, 1.807) is 13.3 Å². The Balaban J connectivity index is 2.18. The zero-order valence-corrected chi connectivity index (χ0v) is 11.2. The first-order chi connectivity index (χ1) is 8.03. The smallest absolute Gasteiger partial charge is 0.318 e. The van der Waals surface area contributed by atoms with Crippen LogP contribution in [0.2, 0.25) is 5.02 Å². The van der Waals surface area contributed by atoms with E-state index in [1.165, 1.54) is 12.8 Å². The van der Waals surface area contributed by atoms with Crippen LogP contribution in [0.4, 0.5) is 5.82 Å². The maximum atomic E-state index is 6.08. The lowest BCUT2D eigenvalue weighted by atomic mass is 9.87. The third-order valence-electron chi connectivity index (χ3n) is 3.47. The molecule has 17 heavy (non-hydrogen) atoms. The Kier molecular flexibility index (Phi) is 3.43. The summed E-state index contributed by atoms with van der Waals surface area (Å²) in [5.74, 6) is 0.665. The SMILES string of the molecule is COc1ncc(Cl)c(NC2CCCC2(C)C)n1. The third kappa shape index (κ3) is 2.63. The van der Waals surface area contributed by atoms with Gasteiger partial charge in [0.15, 0.2) is 5.82 Å². The van der Waals surface area contributed by atoms with Crippen LogP contribution >= 0.6 is 11.6 Å². The van der Waals surface area contributed by atoms with Gasteiger partial charge in [-0.2, -0.15) is 4.98 Å². The molecule has 0 saturated heterocycles. The summed E-state index contributed by atoms with van der Waals surface area (Å²) in [5, 5.41) is 3.95. The highest BCUT2D eigenvalue weighted by atomic mass is 35.5. The Morgan fingerprint density at radius 3 is 2.88 bits per heavy atom. The molecule has 0 bridgehead atoms. The number of hydrogen-bond acceptors (Lipinski definition) is 4. The molecule has 94 valence electrons. The molecular weight excluding hydrogens is 238 g/mol. The van der Waals surface area contributed by atoms with Gasteiger partial charge in [-0.15, -0.1) is 0 Å². The fourth-order valence-electron chi connectivity index (χ4n) is 2.31. The fourth-order valence-corrected chi connectivity index (χ4v) is 2.46. The first-order valence-corrected chi connectivity index (χ1v) is 6.24. The number of nitrogens with zero attached hydrogens (tertiary/aromatic N) is 2. The maximum Gasteiger partial charge on any atom is 0.318 e. The number of hydrogen-bond donors (Lipinski definition) is 1. The lowest BCUT2D eigenvalue weighted by Gasteiger charge is -2.28. The molecule has 0 spiro atoms. The third-order valence-corrected chi connectivity index (χ3v) is 3.75. The lowest BCUT2D eigenvalue weighted by Crippen LogP contribution is -2.31. The standard InChI is InChI=1S/C12H18ClN3O/c1-12(2)6-4-5-9(12)15-10-8(13)7-14-11(16-10)17-3/h7,9H,4-6H2,1-3H3,(H,14,15,16). The molecule has 1 aliphatic rings.